The quantitative estimate of drug-likeness (QED) is 0.721. The summed E-state index contributed by atoms with van der Waals surface area (Å²) in [5.41, 5.74) is 1.21. The number of carbonyl (C=O) groups is 1. The van der Waals surface area contributed by atoms with Gasteiger partial charge in [0.15, 0.2) is 5.82 Å². The van der Waals surface area contributed by atoms with Gasteiger partial charge < -0.3 is 19.7 Å². The molecule has 2 heterocycles. The van der Waals surface area contributed by atoms with Crippen molar-refractivity contribution in [1.82, 2.24) is 14.9 Å². The van der Waals surface area contributed by atoms with Crippen molar-refractivity contribution in [2.75, 3.05) is 32.1 Å². The van der Waals surface area contributed by atoms with Crippen LogP contribution in [0, 0.1) is 5.92 Å². The Balaban J connectivity index is 1.49. The van der Waals surface area contributed by atoms with Crippen LogP contribution in [0.1, 0.15) is 46.5 Å². The smallest absolute Gasteiger partial charge is 0.410 e. The molecule has 1 aromatic carbocycles. The predicted molar refractivity (Wildman–Crippen MR) is 114 cm³/mol. The number of amides is 1. The molecule has 0 radical (unpaired) electrons. The molecule has 7 nitrogen and oxygen atoms in total. The summed E-state index contributed by atoms with van der Waals surface area (Å²) in [6.45, 7) is 7.81. The normalized spacial score (nSPS) is 17.2. The molecule has 1 saturated heterocycles. The first-order chi connectivity index (χ1) is 13.9. The fourth-order valence-corrected chi connectivity index (χ4v) is 3.58. The van der Waals surface area contributed by atoms with E-state index < -0.39 is 5.60 Å². The molecule has 0 aliphatic carbocycles. The maximum atomic E-state index is 12.3. The highest BCUT2D eigenvalue weighted by molar-refractivity contribution is 5.77. The van der Waals surface area contributed by atoms with Gasteiger partial charge in [0.05, 0.1) is 17.6 Å². The summed E-state index contributed by atoms with van der Waals surface area (Å²) >= 11 is 0. The van der Waals surface area contributed by atoms with Gasteiger partial charge in [-0.1, -0.05) is 12.1 Å². The predicted octanol–water partition coefficient (Wildman–Crippen LogP) is 4.48. The third-order valence-corrected chi connectivity index (χ3v) is 4.94. The van der Waals surface area contributed by atoms with E-state index in [1.54, 1.807) is 0 Å². The molecule has 1 aliphatic rings. The summed E-state index contributed by atoms with van der Waals surface area (Å²) < 4.78 is 11.4. The Kier molecular flexibility index (Phi) is 6.77. The minimum atomic E-state index is -0.455. The van der Waals surface area contributed by atoms with Crippen LogP contribution in [0.4, 0.5) is 10.6 Å². The summed E-state index contributed by atoms with van der Waals surface area (Å²) in [5, 5.41) is 3.06. The molecule has 158 valence electrons. The van der Waals surface area contributed by atoms with Gasteiger partial charge in [0.1, 0.15) is 5.60 Å². The van der Waals surface area contributed by atoms with Gasteiger partial charge in [-0.25, -0.2) is 14.8 Å². The fraction of sp³-hybridized carbons (Fsp3) is 0.591. The van der Waals surface area contributed by atoms with Crippen molar-refractivity contribution in [3.63, 3.8) is 0 Å². The Morgan fingerprint density at radius 2 is 1.97 bits per heavy atom. The molecule has 2 aromatic rings. The highest BCUT2D eigenvalue weighted by Crippen LogP contribution is 2.25. The Hall–Kier alpha value is -2.57. The van der Waals surface area contributed by atoms with Crippen molar-refractivity contribution >= 4 is 22.9 Å². The Labute approximate surface area is 172 Å². The molecule has 29 heavy (non-hydrogen) atoms. The number of hydrogen-bond donors (Lipinski definition) is 1. The van der Waals surface area contributed by atoms with Crippen molar-refractivity contribution in [2.45, 2.75) is 52.1 Å². The van der Waals surface area contributed by atoms with E-state index in [9.17, 15) is 4.79 Å². The van der Waals surface area contributed by atoms with Crippen LogP contribution in [0.2, 0.25) is 0 Å². The topological polar surface area (TPSA) is 76.6 Å². The summed E-state index contributed by atoms with van der Waals surface area (Å²) in [6, 6.07) is 7.76. The number of anilines is 1. The molecule has 0 saturated carbocycles. The van der Waals surface area contributed by atoms with Gasteiger partial charge in [0, 0.05) is 20.1 Å². The molecule has 1 amide bonds. The number of para-hydroxylation sites is 2. The Morgan fingerprint density at radius 3 is 2.66 bits per heavy atom. The van der Waals surface area contributed by atoms with Crippen LogP contribution in [0.3, 0.4) is 0 Å². The van der Waals surface area contributed by atoms with Crippen molar-refractivity contribution in [3.8, 4) is 5.88 Å². The van der Waals surface area contributed by atoms with Crippen LogP contribution in [-0.2, 0) is 4.74 Å². The van der Waals surface area contributed by atoms with Gasteiger partial charge in [0.2, 0.25) is 0 Å². The average molecular weight is 401 g/mol. The summed E-state index contributed by atoms with van der Waals surface area (Å²) in [6.07, 6.45) is 3.87. The molecule has 1 aliphatic heterocycles. The van der Waals surface area contributed by atoms with Crippen LogP contribution in [0.5, 0.6) is 5.88 Å². The van der Waals surface area contributed by atoms with Crippen LogP contribution in [-0.4, -0.2) is 53.3 Å². The maximum Gasteiger partial charge on any atom is 0.410 e. The van der Waals surface area contributed by atoms with Gasteiger partial charge in [-0.3, -0.25) is 0 Å². The average Bonchev–Trinajstić information content (AvgIpc) is 2.69. The number of nitrogens with zero attached hydrogens (tertiary/aromatic N) is 3. The molecule has 0 unspecified atom stereocenters. The molecule has 1 atom stereocenters. The summed E-state index contributed by atoms with van der Waals surface area (Å²) in [5.74, 6) is 1.66. The van der Waals surface area contributed by atoms with E-state index in [1.807, 2.05) is 57.0 Å². The van der Waals surface area contributed by atoms with E-state index in [0.29, 0.717) is 24.2 Å². The zero-order valence-electron chi connectivity index (χ0n) is 17.9. The lowest BCUT2D eigenvalue weighted by Crippen LogP contribution is -2.42. The van der Waals surface area contributed by atoms with Crippen LogP contribution >= 0.6 is 0 Å². The maximum absolute atomic E-state index is 12.3. The highest BCUT2D eigenvalue weighted by Gasteiger charge is 2.27. The third kappa shape index (κ3) is 5.95. The van der Waals surface area contributed by atoms with Gasteiger partial charge in [0.25, 0.3) is 5.88 Å². The third-order valence-electron chi connectivity index (χ3n) is 4.94. The van der Waals surface area contributed by atoms with Crippen LogP contribution < -0.4 is 10.1 Å². The monoisotopic (exact) mass is 400 g/mol. The number of aromatic nitrogens is 2. The number of fused-ring (bicyclic) bond motifs is 1. The first kappa shape index (κ1) is 21.1. The number of ether oxygens (including phenoxy) is 2. The number of nitrogens with one attached hydrogen (secondary N) is 1. The first-order valence-corrected chi connectivity index (χ1v) is 10.4. The summed E-state index contributed by atoms with van der Waals surface area (Å²) in [7, 11) is 1.82. The lowest BCUT2D eigenvalue weighted by Gasteiger charge is -2.34. The number of rotatable bonds is 6. The molecule has 1 N–H and O–H groups in total. The second-order valence-corrected chi connectivity index (χ2v) is 8.54. The SMILES string of the molecule is CNc1nc2ccccc2nc1OCCC[C@@H]1CCCN(C(=O)OC(C)(C)C)C1. The standard InChI is InChI=1S/C22H32N4O3/c1-22(2,3)29-21(27)26-13-7-9-16(15-26)10-8-14-28-20-19(23-4)24-17-11-5-6-12-18(17)25-20/h5-6,11-12,16H,7-10,13-15H2,1-4H3,(H,23,24)/t16-/m0/s1. The molecule has 1 fully saturated rings. The van der Waals surface area contributed by atoms with E-state index in [2.05, 4.69) is 15.3 Å². The zero-order chi connectivity index (χ0) is 20.9. The lowest BCUT2D eigenvalue weighted by atomic mass is 9.94. The number of likely N-dealkylation sites (tertiary alicyclic amines) is 1. The molecule has 7 heteroatoms. The fourth-order valence-electron chi connectivity index (χ4n) is 3.58. The molecule has 1 aromatic heterocycles. The van der Waals surface area contributed by atoms with Gasteiger partial charge in [-0.05, 0) is 64.5 Å². The number of benzene rings is 1. The van der Waals surface area contributed by atoms with Gasteiger partial charge in [-0.2, -0.15) is 0 Å². The molecule has 3 rings (SSSR count). The van der Waals surface area contributed by atoms with Crippen molar-refractivity contribution in [2.24, 2.45) is 5.92 Å². The van der Waals surface area contributed by atoms with Crippen molar-refractivity contribution < 1.29 is 14.3 Å². The Morgan fingerprint density at radius 1 is 1.24 bits per heavy atom. The molecule has 0 spiro atoms. The van der Waals surface area contributed by atoms with Crippen molar-refractivity contribution in [1.29, 1.82) is 0 Å². The van der Waals surface area contributed by atoms with Crippen LogP contribution in [0.15, 0.2) is 24.3 Å². The van der Waals surface area contributed by atoms with E-state index >= 15 is 0 Å². The van der Waals surface area contributed by atoms with E-state index in [4.69, 9.17) is 9.47 Å². The van der Waals surface area contributed by atoms with E-state index in [1.165, 1.54) is 0 Å². The Bertz CT molecular complexity index is 834. The second-order valence-electron chi connectivity index (χ2n) is 8.54. The lowest BCUT2D eigenvalue weighted by molar-refractivity contribution is 0.0159. The second kappa shape index (κ2) is 9.29. The van der Waals surface area contributed by atoms with Crippen molar-refractivity contribution in [3.05, 3.63) is 24.3 Å². The van der Waals surface area contributed by atoms with E-state index in [0.717, 1.165) is 49.8 Å². The van der Waals surface area contributed by atoms with Gasteiger partial charge >= 0.3 is 6.09 Å². The summed E-state index contributed by atoms with van der Waals surface area (Å²) in [4.78, 5) is 23.3. The number of hydrogen-bond acceptors (Lipinski definition) is 6. The molecule has 0 bridgehead atoms. The minimum Gasteiger partial charge on any atom is -0.475 e. The zero-order valence-corrected chi connectivity index (χ0v) is 17.9. The molecular formula is C22H32N4O3. The number of carbonyl (C=O) groups excluding carboxylic acids is 1. The first-order valence-electron chi connectivity index (χ1n) is 10.4. The number of piperidine rings is 1. The minimum absolute atomic E-state index is 0.205. The van der Waals surface area contributed by atoms with E-state index in [-0.39, 0.29) is 6.09 Å². The van der Waals surface area contributed by atoms with Crippen LogP contribution in [0.25, 0.3) is 11.0 Å². The van der Waals surface area contributed by atoms with Gasteiger partial charge in [-0.15, -0.1) is 0 Å². The molecular weight excluding hydrogens is 368 g/mol. The largest absolute Gasteiger partial charge is 0.475 e. The highest BCUT2D eigenvalue weighted by atomic mass is 16.6.